The lowest BCUT2D eigenvalue weighted by Crippen LogP contribution is -2.31. The van der Waals surface area contributed by atoms with E-state index in [0.717, 1.165) is 12.0 Å². The molecule has 0 saturated carbocycles. The number of benzene rings is 2. The van der Waals surface area contributed by atoms with Crippen molar-refractivity contribution in [2.45, 2.75) is 26.3 Å². The van der Waals surface area contributed by atoms with Crippen molar-refractivity contribution in [2.24, 2.45) is 0 Å². The smallest absolute Gasteiger partial charge is 0.258 e. The molecule has 0 fully saturated rings. The van der Waals surface area contributed by atoms with Gasteiger partial charge in [-0.25, -0.2) is 0 Å². The molecule has 5 heteroatoms. The lowest BCUT2D eigenvalue weighted by Gasteiger charge is -2.17. The van der Waals surface area contributed by atoms with Gasteiger partial charge in [0.1, 0.15) is 0 Å². The molecule has 5 nitrogen and oxygen atoms in total. The molecule has 0 aromatic heterocycles. The number of carbonyl (C=O) groups is 1. The molecule has 0 aliphatic carbocycles. The molecule has 134 valence electrons. The van der Waals surface area contributed by atoms with E-state index in [9.17, 15) is 4.79 Å². The maximum atomic E-state index is 12.2. The highest BCUT2D eigenvalue weighted by Crippen LogP contribution is 2.36. The van der Waals surface area contributed by atoms with Crippen LogP contribution in [0.2, 0.25) is 0 Å². The minimum atomic E-state index is -0.208. The van der Waals surface area contributed by atoms with Gasteiger partial charge in [0.05, 0.1) is 20.3 Å². The van der Waals surface area contributed by atoms with Crippen LogP contribution in [-0.4, -0.2) is 26.7 Å². The molecule has 0 aliphatic heterocycles. The van der Waals surface area contributed by atoms with Gasteiger partial charge in [-0.15, -0.1) is 0 Å². The van der Waals surface area contributed by atoms with Gasteiger partial charge < -0.3 is 19.5 Å². The van der Waals surface area contributed by atoms with Crippen LogP contribution in [-0.2, 0) is 11.2 Å². The predicted molar refractivity (Wildman–Crippen MR) is 97.4 cm³/mol. The SMILES string of the molecule is CCc1ccc(C(C)NC(=O)COc2c(OC)cccc2OC)cc1. The van der Waals surface area contributed by atoms with E-state index in [2.05, 4.69) is 24.4 Å². The van der Waals surface area contributed by atoms with Gasteiger partial charge >= 0.3 is 0 Å². The zero-order valence-corrected chi connectivity index (χ0v) is 15.2. The van der Waals surface area contributed by atoms with E-state index in [0.29, 0.717) is 17.2 Å². The third-order valence-corrected chi connectivity index (χ3v) is 4.00. The van der Waals surface area contributed by atoms with E-state index in [1.165, 1.54) is 5.56 Å². The van der Waals surface area contributed by atoms with Crippen LogP contribution in [0.15, 0.2) is 42.5 Å². The van der Waals surface area contributed by atoms with Crippen LogP contribution in [0.4, 0.5) is 0 Å². The van der Waals surface area contributed by atoms with Gasteiger partial charge in [0.2, 0.25) is 5.75 Å². The topological polar surface area (TPSA) is 56.8 Å². The number of methoxy groups -OCH3 is 2. The summed E-state index contributed by atoms with van der Waals surface area (Å²) in [5.74, 6) is 1.26. The first-order valence-corrected chi connectivity index (χ1v) is 8.31. The lowest BCUT2D eigenvalue weighted by molar-refractivity contribution is -0.123. The van der Waals surface area contributed by atoms with Gasteiger partial charge in [0.25, 0.3) is 5.91 Å². The van der Waals surface area contributed by atoms with E-state index >= 15 is 0 Å². The lowest BCUT2D eigenvalue weighted by atomic mass is 10.1. The summed E-state index contributed by atoms with van der Waals surface area (Å²) in [6.45, 7) is 3.94. The average molecular weight is 343 g/mol. The summed E-state index contributed by atoms with van der Waals surface area (Å²) in [4.78, 5) is 12.2. The van der Waals surface area contributed by atoms with Crippen LogP contribution in [0.25, 0.3) is 0 Å². The summed E-state index contributed by atoms with van der Waals surface area (Å²) in [7, 11) is 3.09. The molecule has 0 spiro atoms. The molecule has 0 aliphatic rings. The number of carbonyl (C=O) groups excluding carboxylic acids is 1. The van der Waals surface area contributed by atoms with Crippen molar-refractivity contribution in [1.82, 2.24) is 5.32 Å². The minimum absolute atomic E-state index is 0.0958. The normalized spacial score (nSPS) is 11.5. The number of hydrogen-bond donors (Lipinski definition) is 1. The van der Waals surface area contributed by atoms with E-state index in [-0.39, 0.29) is 18.6 Å². The summed E-state index contributed by atoms with van der Waals surface area (Å²) in [6, 6.07) is 13.4. The maximum Gasteiger partial charge on any atom is 0.258 e. The highest BCUT2D eigenvalue weighted by atomic mass is 16.5. The van der Waals surface area contributed by atoms with Gasteiger partial charge in [-0.2, -0.15) is 0 Å². The number of para-hydroxylation sites is 1. The summed E-state index contributed by atoms with van der Waals surface area (Å²) in [5.41, 5.74) is 2.33. The third kappa shape index (κ3) is 4.89. The first-order valence-electron chi connectivity index (χ1n) is 8.31. The van der Waals surface area contributed by atoms with Gasteiger partial charge in [-0.3, -0.25) is 4.79 Å². The molecule has 1 unspecified atom stereocenters. The first kappa shape index (κ1) is 18.6. The standard InChI is InChI=1S/C20H25NO4/c1-5-15-9-11-16(12-10-15)14(2)21-19(22)13-25-20-17(23-3)7-6-8-18(20)24-4/h6-12,14H,5,13H2,1-4H3,(H,21,22). The molecule has 0 saturated heterocycles. The summed E-state index contributed by atoms with van der Waals surface area (Å²) >= 11 is 0. The number of nitrogens with one attached hydrogen (secondary N) is 1. The van der Waals surface area contributed by atoms with Crippen LogP contribution >= 0.6 is 0 Å². The Morgan fingerprint density at radius 2 is 1.64 bits per heavy atom. The molecule has 25 heavy (non-hydrogen) atoms. The molecular weight excluding hydrogens is 318 g/mol. The Kier molecular flexibility index (Phi) is 6.69. The van der Waals surface area contributed by atoms with Gasteiger partial charge in [0, 0.05) is 0 Å². The van der Waals surface area contributed by atoms with Gasteiger partial charge in [0.15, 0.2) is 18.1 Å². The van der Waals surface area contributed by atoms with Gasteiger partial charge in [-0.05, 0) is 36.6 Å². The number of hydrogen-bond acceptors (Lipinski definition) is 4. The van der Waals surface area contributed by atoms with Gasteiger partial charge in [-0.1, -0.05) is 37.3 Å². The van der Waals surface area contributed by atoms with Crippen LogP contribution in [0.5, 0.6) is 17.2 Å². The first-order chi connectivity index (χ1) is 12.1. The fourth-order valence-corrected chi connectivity index (χ4v) is 2.51. The molecule has 2 aromatic rings. The molecule has 1 N–H and O–H groups in total. The zero-order chi connectivity index (χ0) is 18.2. The largest absolute Gasteiger partial charge is 0.493 e. The van der Waals surface area contributed by atoms with Crippen LogP contribution in [0, 0.1) is 0 Å². The van der Waals surface area contributed by atoms with E-state index in [4.69, 9.17) is 14.2 Å². The highest BCUT2D eigenvalue weighted by Gasteiger charge is 2.15. The minimum Gasteiger partial charge on any atom is -0.493 e. The van der Waals surface area contributed by atoms with Crippen LogP contribution in [0.3, 0.4) is 0 Å². The van der Waals surface area contributed by atoms with Crippen molar-refractivity contribution in [3.05, 3.63) is 53.6 Å². The van der Waals surface area contributed by atoms with E-state index in [1.54, 1.807) is 32.4 Å². The Bertz CT molecular complexity index is 675. The molecule has 2 aromatic carbocycles. The average Bonchev–Trinajstić information content (AvgIpc) is 2.65. The number of rotatable bonds is 8. The Morgan fingerprint density at radius 3 is 2.16 bits per heavy atom. The molecule has 1 amide bonds. The fourth-order valence-electron chi connectivity index (χ4n) is 2.51. The highest BCUT2D eigenvalue weighted by molar-refractivity contribution is 5.78. The van der Waals surface area contributed by atoms with Crippen molar-refractivity contribution in [3.63, 3.8) is 0 Å². The zero-order valence-electron chi connectivity index (χ0n) is 15.2. The molecule has 1 atom stereocenters. The van der Waals surface area contributed by atoms with E-state index < -0.39 is 0 Å². The third-order valence-electron chi connectivity index (χ3n) is 4.00. The van der Waals surface area contributed by atoms with Crippen molar-refractivity contribution in [1.29, 1.82) is 0 Å². The molecule has 0 heterocycles. The maximum absolute atomic E-state index is 12.2. The van der Waals surface area contributed by atoms with Crippen molar-refractivity contribution in [3.8, 4) is 17.2 Å². The molecular formula is C20H25NO4. The number of ether oxygens (including phenoxy) is 3. The molecule has 2 rings (SSSR count). The number of amides is 1. The summed E-state index contributed by atoms with van der Waals surface area (Å²) in [5, 5.41) is 2.93. The van der Waals surface area contributed by atoms with Crippen molar-refractivity contribution < 1.29 is 19.0 Å². The summed E-state index contributed by atoms with van der Waals surface area (Å²) < 4.78 is 16.1. The second-order valence-corrected chi connectivity index (χ2v) is 5.66. The Hall–Kier alpha value is -2.69. The van der Waals surface area contributed by atoms with Crippen LogP contribution in [0.1, 0.15) is 31.0 Å². The number of aryl methyl sites for hydroxylation is 1. The predicted octanol–water partition coefficient (Wildman–Crippen LogP) is 3.52. The summed E-state index contributed by atoms with van der Waals surface area (Å²) in [6.07, 6.45) is 0.996. The van der Waals surface area contributed by atoms with E-state index in [1.807, 2.05) is 19.1 Å². The molecule has 0 radical (unpaired) electrons. The Labute approximate surface area is 148 Å². The second kappa shape index (κ2) is 8.97. The monoisotopic (exact) mass is 343 g/mol. The fraction of sp³-hybridized carbons (Fsp3) is 0.350. The molecule has 0 bridgehead atoms. The Balaban J connectivity index is 1.96. The van der Waals surface area contributed by atoms with Crippen LogP contribution < -0.4 is 19.5 Å². The Morgan fingerprint density at radius 1 is 1.04 bits per heavy atom. The van der Waals surface area contributed by atoms with Crippen molar-refractivity contribution in [2.75, 3.05) is 20.8 Å². The quantitative estimate of drug-likeness (QED) is 0.797. The second-order valence-electron chi connectivity index (χ2n) is 5.66. The van der Waals surface area contributed by atoms with Crippen molar-refractivity contribution >= 4 is 5.91 Å².